The monoisotopic (exact) mass is 384 g/mol. The lowest BCUT2D eigenvalue weighted by Gasteiger charge is -2.19. The Morgan fingerprint density at radius 1 is 0.885 bits per heavy atom. The highest BCUT2D eigenvalue weighted by Crippen LogP contribution is 2.39. The van der Waals surface area contributed by atoms with Crippen LogP contribution in [0.25, 0.3) is 0 Å². The second-order valence-corrected chi connectivity index (χ2v) is 7.63. The van der Waals surface area contributed by atoms with E-state index in [9.17, 15) is 26.3 Å². The van der Waals surface area contributed by atoms with Crippen LogP contribution in [0, 0.1) is 0 Å². The van der Waals surface area contributed by atoms with E-state index in [1.54, 1.807) is 20.8 Å². The van der Waals surface area contributed by atoms with Crippen LogP contribution in [-0.4, -0.2) is 9.97 Å². The minimum absolute atomic E-state index is 0.218. The standard InChI is InChI=1S/C16H18F6N2O2/c1-13(2,3)11-10(16(20,21)22)24-9(26-11)6-14(4,5)12-23-8(7-25-12)15(17,18)19/h7H,6H2,1-5H3. The Morgan fingerprint density at radius 3 is 1.85 bits per heavy atom. The normalized spacial score (nSPS) is 14.1. The third-order valence-corrected chi connectivity index (χ3v) is 3.59. The van der Waals surface area contributed by atoms with Crippen molar-refractivity contribution >= 4 is 0 Å². The molecule has 0 saturated carbocycles. The van der Waals surface area contributed by atoms with E-state index in [0.717, 1.165) is 0 Å². The summed E-state index contributed by atoms with van der Waals surface area (Å²) in [6, 6.07) is 0. The molecule has 0 amide bonds. The van der Waals surface area contributed by atoms with E-state index in [0.29, 0.717) is 6.26 Å². The largest absolute Gasteiger partial charge is 0.448 e. The first-order valence-corrected chi connectivity index (χ1v) is 7.62. The van der Waals surface area contributed by atoms with E-state index in [-0.39, 0.29) is 24.0 Å². The number of alkyl halides is 6. The summed E-state index contributed by atoms with van der Waals surface area (Å²) in [7, 11) is 0. The number of hydrogen-bond donors (Lipinski definition) is 0. The number of hydrogen-bond acceptors (Lipinski definition) is 4. The highest BCUT2D eigenvalue weighted by atomic mass is 19.4. The van der Waals surface area contributed by atoms with Gasteiger partial charge in [-0.3, -0.25) is 0 Å². The molecule has 0 unspecified atom stereocenters. The maximum Gasteiger partial charge on any atom is 0.436 e. The molecule has 26 heavy (non-hydrogen) atoms. The highest BCUT2D eigenvalue weighted by Gasteiger charge is 2.43. The van der Waals surface area contributed by atoms with Gasteiger partial charge in [-0.05, 0) is 0 Å². The molecule has 0 aliphatic rings. The van der Waals surface area contributed by atoms with Crippen molar-refractivity contribution in [1.82, 2.24) is 9.97 Å². The van der Waals surface area contributed by atoms with Crippen molar-refractivity contribution in [1.29, 1.82) is 0 Å². The number of halogens is 6. The van der Waals surface area contributed by atoms with Crippen molar-refractivity contribution in [2.75, 3.05) is 0 Å². The van der Waals surface area contributed by atoms with Crippen molar-refractivity contribution in [3.05, 3.63) is 35.2 Å². The molecule has 0 atom stereocenters. The maximum atomic E-state index is 13.2. The van der Waals surface area contributed by atoms with Crippen LogP contribution < -0.4 is 0 Å². The fourth-order valence-electron chi connectivity index (χ4n) is 2.31. The molecule has 0 fully saturated rings. The van der Waals surface area contributed by atoms with Crippen LogP contribution in [0.2, 0.25) is 0 Å². The van der Waals surface area contributed by atoms with E-state index in [1.807, 2.05) is 0 Å². The summed E-state index contributed by atoms with van der Waals surface area (Å²) < 4.78 is 87.8. The lowest BCUT2D eigenvalue weighted by Crippen LogP contribution is -2.22. The summed E-state index contributed by atoms with van der Waals surface area (Å²) in [5.74, 6) is -0.855. The fraction of sp³-hybridized carbons (Fsp3) is 0.625. The third-order valence-electron chi connectivity index (χ3n) is 3.59. The molecule has 0 saturated heterocycles. The van der Waals surface area contributed by atoms with Gasteiger partial charge in [-0.1, -0.05) is 34.6 Å². The first-order valence-electron chi connectivity index (χ1n) is 7.62. The van der Waals surface area contributed by atoms with Gasteiger partial charge in [0.2, 0.25) is 5.89 Å². The Bertz CT molecular complexity index is 746. The number of oxazole rings is 2. The molecule has 2 heterocycles. The Labute approximate surface area is 145 Å². The molecule has 0 aromatic carbocycles. The first-order chi connectivity index (χ1) is 11.5. The molecule has 2 aromatic rings. The van der Waals surface area contributed by atoms with Crippen LogP contribution in [0.3, 0.4) is 0 Å². The first kappa shape index (κ1) is 20.3. The summed E-state index contributed by atoms with van der Waals surface area (Å²) >= 11 is 0. The molecule has 0 N–H and O–H groups in total. The number of rotatable bonds is 3. The minimum atomic E-state index is -4.71. The topological polar surface area (TPSA) is 52.1 Å². The average Bonchev–Trinajstić information content (AvgIpc) is 3.01. The summed E-state index contributed by atoms with van der Waals surface area (Å²) in [4.78, 5) is 6.92. The third kappa shape index (κ3) is 4.21. The van der Waals surface area contributed by atoms with Crippen molar-refractivity contribution in [3.63, 3.8) is 0 Å². The van der Waals surface area contributed by atoms with Gasteiger partial charge in [-0.25, -0.2) is 9.97 Å². The molecule has 0 aliphatic carbocycles. The number of aromatic nitrogens is 2. The van der Waals surface area contributed by atoms with Gasteiger partial charge in [-0.15, -0.1) is 0 Å². The van der Waals surface area contributed by atoms with E-state index >= 15 is 0 Å². The summed E-state index contributed by atoms with van der Waals surface area (Å²) in [5.41, 5.74) is -4.46. The van der Waals surface area contributed by atoms with Crippen LogP contribution >= 0.6 is 0 Å². The lowest BCUT2D eigenvalue weighted by atomic mass is 9.89. The molecule has 2 rings (SSSR count). The quantitative estimate of drug-likeness (QED) is 0.654. The fourth-order valence-corrected chi connectivity index (χ4v) is 2.31. The minimum Gasteiger partial charge on any atom is -0.448 e. The Hall–Kier alpha value is -2.00. The highest BCUT2D eigenvalue weighted by molar-refractivity contribution is 5.22. The molecular weight excluding hydrogens is 366 g/mol. The van der Waals surface area contributed by atoms with Gasteiger partial charge < -0.3 is 8.83 Å². The Kier molecular flexibility index (Phi) is 4.70. The Morgan fingerprint density at radius 2 is 1.46 bits per heavy atom. The molecular formula is C16H18F6N2O2. The van der Waals surface area contributed by atoms with E-state index in [2.05, 4.69) is 9.97 Å². The smallest absolute Gasteiger partial charge is 0.436 e. The summed E-state index contributed by atoms with van der Waals surface area (Å²) in [5, 5.41) is 0. The molecule has 0 bridgehead atoms. The molecule has 4 nitrogen and oxygen atoms in total. The van der Waals surface area contributed by atoms with Gasteiger partial charge in [0.05, 0.1) is 0 Å². The second-order valence-electron chi connectivity index (χ2n) is 7.63. The van der Waals surface area contributed by atoms with Gasteiger partial charge in [0, 0.05) is 17.3 Å². The predicted molar refractivity (Wildman–Crippen MR) is 78.4 cm³/mol. The van der Waals surface area contributed by atoms with Crippen molar-refractivity contribution in [2.45, 2.75) is 64.2 Å². The van der Waals surface area contributed by atoms with Crippen LogP contribution in [0.5, 0.6) is 0 Å². The SMILES string of the molecule is CC(C)(C)c1oc(CC(C)(C)c2nc(C(F)(F)F)co2)nc1C(F)(F)F. The zero-order chi connectivity index (χ0) is 20.1. The summed E-state index contributed by atoms with van der Waals surface area (Å²) in [6.07, 6.45) is -9.14. The second kappa shape index (κ2) is 6.02. The van der Waals surface area contributed by atoms with E-state index < -0.39 is 34.6 Å². The van der Waals surface area contributed by atoms with Gasteiger partial charge in [0.1, 0.15) is 12.0 Å². The molecule has 0 aliphatic heterocycles. The zero-order valence-corrected chi connectivity index (χ0v) is 14.8. The molecule has 146 valence electrons. The van der Waals surface area contributed by atoms with Gasteiger partial charge in [0.25, 0.3) is 0 Å². The lowest BCUT2D eigenvalue weighted by molar-refractivity contribution is -0.143. The maximum absolute atomic E-state index is 13.2. The molecule has 0 radical (unpaired) electrons. The van der Waals surface area contributed by atoms with Gasteiger partial charge in [0.15, 0.2) is 17.3 Å². The van der Waals surface area contributed by atoms with Crippen LogP contribution in [0.1, 0.15) is 63.5 Å². The van der Waals surface area contributed by atoms with Crippen LogP contribution in [-0.2, 0) is 29.6 Å². The van der Waals surface area contributed by atoms with E-state index in [4.69, 9.17) is 8.83 Å². The van der Waals surface area contributed by atoms with Crippen LogP contribution in [0.4, 0.5) is 26.3 Å². The zero-order valence-electron chi connectivity index (χ0n) is 14.8. The van der Waals surface area contributed by atoms with Crippen molar-refractivity contribution in [3.8, 4) is 0 Å². The van der Waals surface area contributed by atoms with Crippen molar-refractivity contribution < 1.29 is 35.2 Å². The van der Waals surface area contributed by atoms with Crippen LogP contribution in [0.15, 0.2) is 15.1 Å². The van der Waals surface area contributed by atoms with Gasteiger partial charge >= 0.3 is 12.4 Å². The summed E-state index contributed by atoms with van der Waals surface area (Å²) in [6.45, 7) is 7.59. The molecule has 10 heteroatoms. The molecule has 2 aromatic heterocycles. The Balaban J connectivity index is 2.38. The van der Waals surface area contributed by atoms with Crippen molar-refractivity contribution in [2.24, 2.45) is 0 Å². The number of nitrogens with zero attached hydrogens (tertiary/aromatic N) is 2. The predicted octanol–water partition coefficient (Wildman–Crippen LogP) is 5.52. The average molecular weight is 384 g/mol. The van der Waals surface area contributed by atoms with Gasteiger partial charge in [-0.2, -0.15) is 26.3 Å². The van der Waals surface area contributed by atoms with E-state index in [1.165, 1.54) is 13.8 Å². The molecule has 0 spiro atoms.